The number of piperidine rings is 1. The molecule has 0 aromatic heterocycles. The second kappa shape index (κ2) is 4.07. The van der Waals surface area contributed by atoms with E-state index in [1.807, 2.05) is 0 Å². The first-order valence-electron chi connectivity index (χ1n) is 4.82. The van der Waals surface area contributed by atoms with E-state index in [4.69, 9.17) is 4.74 Å². The maximum Gasteiger partial charge on any atom is 0.0622 e. The lowest BCUT2D eigenvalue weighted by Crippen LogP contribution is -2.43. The van der Waals surface area contributed by atoms with Crippen molar-refractivity contribution in [3.63, 3.8) is 0 Å². The van der Waals surface area contributed by atoms with Gasteiger partial charge in [-0.3, -0.25) is 4.90 Å². The fourth-order valence-corrected chi connectivity index (χ4v) is 2.79. The van der Waals surface area contributed by atoms with Crippen molar-refractivity contribution in [2.45, 2.75) is 30.1 Å². The second-order valence-electron chi connectivity index (χ2n) is 3.75. The van der Waals surface area contributed by atoms with Gasteiger partial charge in [-0.2, -0.15) is 0 Å². The predicted octanol–water partition coefficient (Wildman–Crippen LogP) is 1.63. The molecule has 2 rings (SSSR count). The zero-order valence-electron chi connectivity index (χ0n) is 7.34. The van der Waals surface area contributed by atoms with Crippen LogP contribution >= 0.6 is 15.9 Å². The molecular weight excluding hydrogens is 218 g/mol. The molecule has 0 aromatic carbocycles. The minimum Gasteiger partial charge on any atom is -0.380 e. The van der Waals surface area contributed by atoms with Crippen molar-refractivity contribution in [3.8, 4) is 0 Å². The van der Waals surface area contributed by atoms with Crippen molar-refractivity contribution in [2.75, 3.05) is 26.3 Å². The summed E-state index contributed by atoms with van der Waals surface area (Å²) in [6.45, 7) is 4.41. The fraction of sp³-hybridized carbons (Fsp3) is 1.00. The summed E-state index contributed by atoms with van der Waals surface area (Å²) in [6.07, 6.45) is 3.91. The van der Waals surface area contributed by atoms with E-state index in [1.54, 1.807) is 0 Å². The normalized spacial score (nSPS) is 38.8. The Hall–Kier alpha value is 0.400. The maximum absolute atomic E-state index is 5.39. The maximum atomic E-state index is 5.39. The van der Waals surface area contributed by atoms with E-state index in [-0.39, 0.29) is 0 Å². The van der Waals surface area contributed by atoms with Crippen LogP contribution in [0.15, 0.2) is 0 Å². The number of ether oxygens (including phenoxy) is 1. The molecule has 2 unspecified atom stereocenters. The van der Waals surface area contributed by atoms with Crippen LogP contribution in [-0.4, -0.2) is 42.1 Å². The summed E-state index contributed by atoms with van der Waals surface area (Å²) >= 11 is 3.69. The average Bonchev–Trinajstić information content (AvgIpc) is 2.56. The molecule has 2 heterocycles. The highest BCUT2D eigenvalue weighted by molar-refractivity contribution is 9.09. The molecular formula is C9H16BrNO. The van der Waals surface area contributed by atoms with E-state index in [0.717, 1.165) is 13.2 Å². The molecule has 3 heteroatoms. The van der Waals surface area contributed by atoms with Crippen molar-refractivity contribution < 1.29 is 4.74 Å². The van der Waals surface area contributed by atoms with Crippen molar-refractivity contribution in [1.29, 1.82) is 0 Å². The second-order valence-corrected chi connectivity index (χ2v) is 5.05. The van der Waals surface area contributed by atoms with E-state index < -0.39 is 0 Å². The molecule has 0 saturated carbocycles. The Labute approximate surface area is 82.4 Å². The van der Waals surface area contributed by atoms with Gasteiger partial charge < -0.3 is 4.74 Å². The Balaban J connectivity index is 1.85. The summed E-state index contributed by atoms with van der Waals surface area (Å²) in [5.74, 6) is 0. The summed E-state index contributed by atoms with van der Waals surface area (Å²) in [6, 6.07) is 0.713. The lowest BCUT2D eigenvalue weighted by atomic mass is 10.1. The molecule has 0 spiro atoms. The molecule has 0 aliphatic carbocycles. The highest BCUT2D eigenvalue weighted by Gasteiger charge is 2.27. The topological polar surface area (TPSA) is 12.5 Å². The summed E-state index contributed by atoms with van der Waals surface area (Å²) in [4.78, 5) is 3.29. The van der Waals surface area contributed by atoms with Gasteiger partial charge in [0.1, 0.15) is 0 Å². The van der Waals surface area contributed by atoms with Crippen LogP contribution < -0.4 is 0 Å². The molecule has 0 bridgehead atoms. The molecule has 0 N–H and O–H groups in total. The Kier molecular flexibility index (Phi) is 3.05. The average molecular weight is 234 g/mol. The molecule has 2 aliphatic heterocycles. The fourth-order valence-electron chi connectivity index (χ4n) is 2.09. The van der Waals surface area contributed by atoms with Crippen LogP contribution in [0.25, 0.3) is 0 Å². The molecule has 2 aliphatic rings. The summed E-state index contributed by atoms with van der Waals surface area (Å²) < 4.78 is 5.39. The van der Waals surface area contributed by atoms with Crippen LogP contribution in [0, 0.1) is 0 Å². The minimum absolute atomic E-state index is 0.713. The van der Waals surface area contributed by atoms with Crippen LogP contribution in [0.1, 0.15) is 19.3 Å². The number of likely N-dealkylation sites (tertiary alicyclic amines) is 1. The standard InChI is InChI=1S/C9H16BrNO/c10-8-2-1-4-11(6-8)9-3-5-12-7-9/h8-9H,1-7H2. The van der Waals surface area contributed by atoms with Gasteiger partial charge in [0, 0.05) is 24.0 Å². The summed E-state index contributed by atoms with van der Waals surface area (Å²) in [5, 5.41) is 0. The third-order valence-electron chi connectivity index (χ3n) is 2.82. The Bertz CT molecular complexity index is 147. The van der Waals surface area contributed by atoms with Gasteiger partial charge in [-0.05, 0) is 25.8 Å². The Morgan fingerprint density at radius 2 is 2.25 bits per heavy atom. The molecule has 0 amide bonds. The number of hydrogen-bond donors (Lipinski definition) is 0. The van der Waals surface area contributed by atoms with Crippen LogP contribution in [0.4, 0.5) is 0 Å². The lowest BCUT2D eigenvalue weighted by Gasteiger charge is -2.33. The highest BCUT2D eigenvalue weighted by Crippen LogP contribution is 2.21. The van der Waals surface area contributed by atoms with Crippen molar-refractivity contribution in [1.82, 2.24) is 4.90 Å². The van der Waals surface area contributed by atoms with E-state index in [0.29, 0.717) is 10.9 Å². The molecule has 2 saturated heterocycles. The highest BCUT2D eigenvalue weighted by atomic mass is 79.9. The first-order valence-corrected chi connectivity index (χ1v) is 5.73. The first kappa shape index (κ1) is 8.97. The number of halogens is 1. The smallest absolute Gasteiger partial charge is 0.0622 e. The molecule has 2 nitrogen and oxygen atoms in total. The Morgan fingerprint density at radius 1 is 1.33 bits per heavy atom. The molecule has 70 valence electrons. The van der Waals surface area contributed by atoms with Gasteiger partial charge in [0.25, 0.3) is 0 Å². The molecule has 0 aromatic rings. The van der Waals surface area contributed by atoms with Crippen molar-refractivity contribution in [3.05, 3.63) is 0 Å². The van der Waals surface area contributed by atoms with Crippen LogP contribution in [0.5, 0.6) is 0 Å². The quantitative estimate of drug-likeness (QED) is 0.639. The Morgan fingerprint density at radius 3 is 2.92 bits per heavy atom. The van der Waals surface area contributed by atoms with E-state index in [9.17, 15) is 0 Å². The molecule has 2 fully saturated rings. The molecule has 0 radical (unpaired) electrons. The molecule has 12 heavy (non-hydrogen) atoms. The SMILES string of the molecule is BrC1CCCN(C2CCOC2)C1. The van der Waals surface area contributed by atoms with Gasteiger partial charge in [0.2, 0.25) is 0 Å². The first-order chi connectivity index (χ1) is 5.86. The van der Waals surface area contributed by atoms with E-state index in [2.05, 4.69) is 20.8 Å². The van der Waals surface area contributed by atoms with Crippen molar-refractivity contribution >= 4 is 15.9 Å². The van der Waals surface area contributed by atoms with Crippen LogP contribution in [0.2, 0.25) is 0 Å². The lowest BCUT2D eigenvalue weighted by molar-refractivity contribution is 0.131. The largest absolute Gasteiger partial charge is 0.380 e. The summed E-state index contributed by atoms with van der Waals surface area (Å²) in [5.41, 5.74) is 0. The monoisotopic (exact) mass is 233 g/mol. The third-order valence-corrected chi connectivity index (χ3v) is 3.56. The van der Waals surface area contributed by atoms with E-state index in [1.165, 1.54) is 32.4 Å². The van der Waals surface area contributed by atoms with Gasteiger partial charge in [-0.25, -0.2) is 0 Å². The van der Waals surface area contributed by atoms with Gasteiger partial charge >= 0.3 is 0 Å². The van der Waals surface area contributed by atoms with Gasteiger partial charge in [-0.15, -0.1) is 0 Å². The number of nitrogens with zero attached hydrogens (tertiary/aromatic N) is 1. The zero-order valence-corrected chi connectivity index (χ0v) is 8.92. The van der Waals surface area contributed by atoms with Crippen LogP contribution in [-0.2, 0) is 4.74 Å². The van der Waals surface area contributed by atoms with Crippen LogP contribution in [0.3, 0.4) is 0 Å². The predicted molar refractivity (Wildman–Crippen MR) is 52.7 cm³/mol. The van der Waals surface area contributed by atoms with Gasteiger partial charge in [0.15, 0.2) is 0 Å². The molecule has 2 atom stereocenters. The number of hydrogen-bond acceptors (Lipinski definition) is 2. The number of alkyl halides is 1. The van der Waals surface area contributed by atoms with Gasteiger partial charge in [0.05, 0.1) is 6.61 Å². The zero-order chi connectivity index (χ0) is 8.39. The van der Waals surface area contributed by atoms with Crippen molar-refractivity contribution in [2.24, 2.45) is 0 Å². The van der Waals surface area contributed by atoms with Gasteiger partial charge in [-0.1, -0.05) is 15.9 Å². The number of rotatable bonds is 1. The summed E-state index contributed by atoms with van der Waals surface area (Å²) in [7, 11) is 0. The minimum atomic E-state index is 0.713. The third kappa shape index (κ3) is 2.01. The van der Waals surface area contributed by atoms with E-state index >= 15 is 0 Å².